The van der Waals surface area contributed by atoms with Crippen LogP contribution in [0, 0.1) is 34.5 Å². The van der Waals surface area contributed by atoms with Gasteiger partial charge in [0, 0.05) is 31.3 Å². The summed E-state index contributed by atoms with van der Waals surface area (Å²) in [4.78, 5) is 27.0. The second kappa shape index (κ2) is 5.32. The minimum Gasteiger partial charge on any atom is -0.342 e. The molecule has 3 heteroatoms. The van der Waals surface area contributed by atoms with Crippen LogP contribution in [0.4, 0.5) is 0 Å². The molecule has 0 N–H and O–H groups in total. The number of amides is 1. The SMILES string of the molecule is CC[C@@H]1CC(=O)[C@@]2(C)CC[C@H]3[C@@H](CC[C@H]4N(C)C(=O)CC[C@]34C)[C@H]12. The molecular formula is C21H33NO2. The Morgan fingerprint density at radius 2 is 1.88 bits per heavy atom. The van der Waals surface area contributed by atoms with Gasteiger partial charge in [-0.05, 0) is 61.2 Å². The molecule has 1 amide bonds. The van der Waals surface area contributed by atoms with Crippen molar-refractivity contribution in [1.29, 1.82) is 0 Å². The molecule has 1 aliphatic heterocycles. The molecule has 0 aromatic carbocycles. The Labute approximate surface area is 146 Å². The monoisotopic (exact) mass is 331 g/mol. The van der Waals surface area contributed by atoms with Crippen LogP contribution in [0.2, 0.25) is 0 Å². The molecule has 1 heterocycles. The van der Waals surface area contributed by atoms with Gasteiger partial charge in [-0.25, -0.2) is 0 Å². The number of piperidine rings is 1. The van der Waals surface area contributed by atoms with E-state index in [1.54, 1.807) is 0 Å². The molecular weight excluding hydrogens is 298 g/mol. The third-order valence-corrected chi connectivity index (χ3v) is 8.93. The van der Waals surface area contributed by atoms with E-state index < -0.39 is 0 Å². The minimum atomic E-state index is -0.0541. The third kappa shape index (κ3) is 1.96. The Hall–Kier alpha value is -0.860. The van der Waals surface area contributed by atoms with Crippen molar-refractivity contribution in [1.82, 2.24) is 4.90 Å². The van der Waals surface area contributed by atoms with Crippen LogP contribution in [0.25, 0.3) is 0 Å². The summed E-state index contributed by atoms with van der Waals surface area (Å²) in [7, 11) is 2.02. The first-order valence-electron chi connectivity index (χ1n) is 10.1. The summed E-state index contributed by atoms with van der Waals surface area (Å²) in [6.45, 7) is 7.00. The Balaban J connectivity index is 1.69. The van der Waals surface area contributed by atoms with E-state index in [1.165, 1.54) is 12.8 Å². The lowest BCUT2D eigenvalue weighted by molar-refractivity contribution is -0.160. The number of hydrogen-bond acceptors (Lipinski definition) is 2. The topological polar surface area (TPSA) is 37.4 Å². The second-order valence-electron chi connectivity index (χ2n) is 9.65. The summed E-state index contributed by atoms with van der Waals surface area (Å²) >= 11 is 0. The van der Waals surface area contributed by atoms with Crippen molar-refractivity contribution in [3.63, 3.8) is 0 Å². The van der Waals surface area contributed by atoms with Gasteiger partial charge in [-0.1, -0.05) is 27.2 Å². The molecule has 0 spiro atoms. The average Bonchev–Trinajstić information content (AvgIpc) is 2.82. The first-order chi connectivity index (χ1) is 11.3. The number of Topliss-reactive ketones (excluding diaryl/α,β-unsaturated/α-hetero) is 1. The largest absolute Gasteiger partial charge is 0.342 e. The number of ketones is 1. The van der Waals surface area contributed by atoms with Crippen LogP contribution in [0.3, 0.4) is 0 Å². The van der Waals surface area contributed by atoms with E-state index in [-0.39, 0.29) is 10.8 Å². The molecule has 4 aliphatic rings. The zero-order valence-corrected chi connectivity index (χ0v) is 15.8. The van der Waals surface area contributed by atoms with Crippen LogP contribution in [-0.4, -0.2) is 29.7 Å². The van der Waals surface area contributed by atoms with E-state index in [1.807, 2.05) is 7.05 Å². The maximum Gasteiger partial charge on any atom is 0.222 e. The minimum absolute atomic E-state index is 0.0541. The van der Waals surface area contributed by atoms with E-state index in [0.717, 1.165) is 32.1 Å². The number of carbonyl (C=O) groups is 2. The zero-order valence-electron chi connectivity index (χ0n) is 15.8. The van der Waals surface area contributed by atoms with Crippen molar-refractivity contribution in [2.45, 2.75) is 78.2 Å². The highest BCUT2D eigenvalue weighted by atomic mass is 16.2. The van der Waals surface area contributed by atoms with Crippen molar-refractivity contribution >= 4 is 11.7 Å². The molecule has 3 nitrogen and oxygen atoms in total. The van der Waals surface area contributed by atoms with Gasteiger partial charge in [-0.2, -0.15) is 0 Å². The molecule has 3 saturated carbocycles. The summed E-state index contributed by atoms with van der Waals surface area (Å²) in [6, 6.07) is 0.418. The average molecular weight is 332 g/mol. The van der Waals surface area contributed by atoms with Crippen LogP contribution in [0.15, 0.2) is 0 Å². The van der Waals surface area contributed by atoms with E-state index in [4.69, 9.17) is 0 Å². The van der Waals surface area contributed by atoms with E-state index >= 15 is 0 Å². The molecule has 0 aromatic heterocycles. The molecule has 7 atom stereocenters. The Bertz CT molecular complexity index is 572. The Morgan fingerprint density at radius 1 is 1.12 bits per heavy atom. The highest BCUT2D eigenvalue weighted by molar-refractivity contribution is 5.87. The molecule has 0 aromatic rings. The zero-order chi connectivity index (χ0) is 17.3. The van der Waals surface area contributed by atoms with Crippen molar-refractivity contribution in [3.05, 3.63) is 0 Å². The number of fused-ring (bicyclic) bond motifs is 5. The van der Waals surface area contributed by atoms with Gasteiger partial charge in [0.2, 0.25) is 5.91 Å². The van der Waals surface area contributed by atoms with Gasteiger partial charge in [-0.3, -0.25) is 9.59 Å². The molecule has 4 rings (SSSR count). The summed E-state index contributed by atoms with van der Waals surface area (Å²) < 4.78 is 0. The number of hydrogen-bond donors (Lipinski definition) is 0. The highest BCUT2D eigenvalue weighted by Crippen LogP contribution is 2.65. The van der Waals surface area contributed by atoms with Gasteiger partial charge in [0.25, 0.3) is 0 Å². The van der Waals surface area contributed by atoms with Crippen molar-refractivity contribution in [2.24, 2.45) is 34.5 Å². The normalized spacial score (nSPS) is 51.2. The molecule has 24 heavy (non-hydrogen) atoms. The molecule has 1 saturated heterocycles. The summed E-state index contributed by atoms with van der Waals surface area (Å²) in [5, 5.41) is 0. The number of rotatable bonds is 1. The second-order valence-corrected chi connectivity index (χ2v) is 9.65. The molecule has 0 radical (unpaired) electrons. The van der Waals surface area contributed by atoms with Gasteiger partial charge in [-0.15, -0.1) is 0 Å². The quantitative estimate of drug-likeness (QED) is 0.727. The lowest BCUT2D eigenvalue weighted by Gasteiger charge is -2.61. The summed E-state index contributed by atoms with van der Waals surface area (Å²) in [6.07, 6.45) is 8.35. The maximum atomic E-state index is 12.8. The number of carbonyl (C=O) groups excluding carboxylic acids is 2. The van der Waals surface area contributed by atoms with Gasteiger partial charge in [0.15, 0.2) is 0 Å². The predicted molar refractivity (Wildman–Crippen MR) is 94.3 cm³/mol. The van der Waals surface area contributed by atoms with Crippen molar-refractivity contribution in [3.8, 4) is 0 Å². The molecule has 0 unspecified atom stereocenters. The third-order valence-electron chi connectivity index (χ3n) is 8.93. The molecule has 4 fully saturated rings. The predicted octanol–water partition coefficient (Wildman–Crippen LogP) is 4.06. The summed E-state index contributed by atoms with van der Waals surface area (Å²) in [5.74, 6) is 3.46. The highest BCUT2D eigenvalue weighted by Gasteiger charge is 2.63. The number of likely N-dealkylation sites (tertiary alicyclic amines) is 1. The van der Waals surface area contributed by atoms with E-state index in [9.17, 15) is 9.59 Å². The van der Waals surface area contributed by atoms with Crippen LogP contribution in [0.5, 0.6) is 0 Å². The van der Waals surface area contributed by atoms with Crippen LogP contribution < -0.4 is 0 Å². The van der Waals surface area contributed by atoms with Crippen LogP contribution >= 0.6 is 0 Å². The lowest BCUT2D eigenvalue weighted by atomic mass is 9.46. The van der Waals surface area contributed by atoms with Gasteiger partial charge >= 0.3 is 0 Å². The van der Waals surface area contributed by atoms with E-state index in [2.05, 4.69) is 25.7 Å². The fourth-order valence-corrected chi connectivity index (χ4v) is 7.59. The number of nitrogens with zero attached hydrogens (tertiary/aromatic N) is 1. The Morgan fingerprint density at radius 3 is 2.58 bits per heavy atom. The summed E-state index contributed by atoms with van der Waals surface area (Å²) in [5.41, 5.74) is 0.207. The Kier molecular flexibility index (Phi) is 3.68. The standard InChI is InChI=1S/C21H33NO2/c1-5-13-12-17(23)21(3)10-8-15-14(19(13)21)6-7-16-20(15,2)11-9-18(24)22(16)4/h13-16,19H,5-12H2,1-4H3/t13-,14-,15+,16-,19+,20-,21-/m1/s1. The molecule has 0 bridgehead atoms. The van der Waals surface area contributed by atoms with Gasteiger partial charge in [0.1, 0.15) is 5.78 Å². The first kappa shape index (κ1) is 16.6. The van der Waals surface area contributed by atoms with Crippen LogP contribution in [-0.2, 0) is 9.59 Å². The smallest absolute Gasteiger partial charge is 0.222 e. The molecule has 134 valence electrons. The van der Waals surface area contributed by atoms with Crippen molar-refractivity contribution in [2.75, 3.05) is 7.05 Å². The fraction of sp³-hybridized carbons (Fsp3) is 0.905. The molecule has 3 aliphatic carbocycles. The maximum absolute atomic E-state index is 12.8. The first-order valence-corrected chi connectivity index (χ1v) is 10.1. The van der Waals surface area contributed by atoms with E-state index in [0.29, 0.717) is 47.8 Å². The van der Waals surface area contributed by atoms with Crippen molar-refractivity contribution < 1.29 is 9.59 Å². The van der Waals surface area contributed by atoms with Crippen LogP contribution in [0.1, 0.15) is 72.1 Å². The lowest BCUT2D eigenvalue weighted by Crippen LogP contribution is -2.61. The fourth-order valence-electron chi connectivity index (χ4n) is 7.59. The van der Waals surface area contributed by atoms with Gasteiger partial charge in [0.05, 0.1) is 0 Å². The van der Waals surface area contributed by atoms with Gasteiger partial charge < -0.3 is 4.90 Å².